The van der Waals surface area contributed by atoms with E-state index in [0.717, 1.165) is 22.8 Å². The number of hydrogen-bond acceptors (Lipinski definition) is 2. The summed E-state index contributed by atoms with van der Waals surface area (Å²) < 4.78 is 0. The summed E-state index contributed by atoms with van der Waals surface area (Å²) in [5, 5.41) is 0. The lowest BCUT2D eigenvalue weighted by atomic mass is 10.1. The van der Waals surface area contributed by atoms with Crippen LogP contribution in [0.25, 0.3) is 23.5 Å². The molecule has 0 bridgehead atoms. The average molecular weight is 238 g/mol. The van der Waals surface area contributed by atoms with Gasteiger partial charge >= 0.3 is 0 Å². The monoisotopic (exact) mass is 238 g/mol. The third-order valence-electron chi connectivity index (χ3n) is 2.72. The van der Waals surface area contributed by atoms with Crippen LogP contribution in [0.1, 0.15) is 28.7 Å². The number of benzene rings is 1. The zero-order valence-electron chi connectivity index (χ0n) is 10.2. The summed E-state index contributed by atoms with van der Waals surface area (Å²) in [6.07, 6.45) is 3.39. The maximum Gasteiger partial charge on any atom is 0.159 e. The molecule has 0 atom stereocenters. The summed E-state index contributed by atoms with van der Waals surface area (Å²) in [5.74, 6) is 0.800. The molecule has 0 aliphatic heterocycles. The SMILES string of the molecule is C=Cc1nc(-c2ccc(C(C)=O)cc2)[nH]c1C=C. The molecule has 90 valence electrons. The molecule has 0 unspecified atom stereocenters. The minimum Gasteiger partial charge on any atom is -0.338 e. The fourth-order valence-corrected chi connectivity index (χ4v) is 1.71. The Bertz CT molecular complexity index is 580. The van der Waals surface area contributed by atoms with E-state index >= 15 is 0 Å². The molecule has 2 aromatic rings. The predicted octanol–water partition coefficient (Wildman–Crippen LogP) is 3.57. The molecule has 0 spiro atoms. The van der Waals surface area contributed by atoms with Crippen LogP contribution in [-0.2, 0) is 0 Å². The van der Waals surface area contributed by atoms with Crippen LogP contribution in [0.3, 0.4) is 0 Å². The van der Waals surface area contributed by atoms with Crippen molar-refractivity contribution in [1.29, 1.82) is 0 Å². The Morgan fingerprint density at radius 3 is 2.33 bits per heavy atom. The lowest BCUT2D eigenvalue weighted by Gasteiger charge is -1.98. The molecular formula is C15H14N2O. The minimum atomic E-state index is 0.0551. The van der Waals surface area contributed by atoms with E-state index in [0.29, 0.717) is 5.56 Å². The Hall–Kier alpha value is -2.42. The Labute approximate surface area is 106 Å². The number of rotatable bonds is 4. The lowest BCUT2D eigenvalue weighted by Crippen LogP contribution is -1.91. The number of aromatic amines is 1. The minimum absolute atomic E-state index is 0.0551. The van der Waals surface area contributed by atoms with Crippen molar-refractivity contribution in [3.05, 3.63) is 54.4 Å². The van der Waals surface area contributed by atoms with Crippen molar-refractivity contribution < 1.29 is 4.79 Å². The molecule has 0 aliphatic carbocycles. The highest BCUT2D eigenvalue weighted by atomic mass is 16.1. The number of nitrogens with one attached hydrogen (secondary N) is 1. The maximum atomic E-state index is 11.2. The van der Waals surface area contributed by atoms with Crippen LogP contribution in [0.5, 0.6) is 0 Å². The van der Waals surface area contributed by atoms with E-state index in [1.54, 1.807) is 31.2 Å². The molecule has 1 heterocycles. The summed E-state index contributed by atoms with van der Waals surface area (Å²) in [7, 11) is 0. The number of hydrogen-bond donors (Lipinski definition) is 1. The first kappa shape index (κ1) is 12.0. The summed E-state index contributed by atoms with van der Waals surface area (Å²) in [6, 6.07) is 7.33. The second kappa shape index (κ2) is 4.84. The van der Waals surface area contributed by atoms with Gasteiger partial charge in [0.1, 0.15) is 5.82 Å². The largest absolute Gasteiger partial charge is 0.338 e. The van der Waals surface area contributed by atoms with E-state index in [4.69, 9.17) is 0 Å². The molecule has 0 fully saturated rings. The number of H-pyrrole nitrogens is 1. The van der Waals surface area contributed by atoms with Crippen molar-refractivity contribution in [2.75, 3.05) is 0 Å². The molecular weight excluding hydrogens is 224 g/mol. The van der Waals surface area contributed by atoms with Crippen LogP contribution in [-0.4, -0.2) is 15.8 Å². The normalized spacial score (nSPS) is 10.1. The van der Waals surface area contributed by atoms with E-state index in [2.05, 4.69) is 23.1 Å². The number of aromatic nitrogens is 2. The van der Waals surface area contributed by atoms with Crippen LogP contribution in [0, 0.1) is 0 Å². The molecule has 1 aromatic heterocycles. The van der Waals surface area contributed by atoms with Crippen LogP contribution >= 0.6 is 0 Å². The molecule has 0 amide bonds. The van der Waals surface area contributed by atoms with Gasteiger partial charge in [-0.2, -0.15) is 0 Å². The number of nitrogens with zero attached hydrogens (tertiary/aromatic N) is 1. The van der Waals surface area contributed by atoms with Gasteiger partial charge in [-0.15, -0.1) is 0 Å². The zero-order chi connectivity index (χ0) is 13.1. The van der Waals surface area contributed by atoms with Crippen molar-refractivity contribution in [3.63, 3.8) is 0 Å². The van der Waals surface area contributed by atoms with Crippen LogP contribution in [0.2, 0.25) is 0 Å². The highest BCUT2D eigenvalue weighted by molar-refractivity contribution is 5.94. The van der Waals surface area contributed by atoms with Gasteiger partial charge in [0.2, 0.25) is 0 Å². The predicted molar refractivity (Wildman–Crippen MR) is 74.2 cm³/mol. The fourth-order valence-electron chi connectivity index (χ4n) is 1.71. The van der Waals surface area contributed by atoms with Gasteiger partial charge in [-0.05, 0) is 19.1 Å². The average Bonchev–Trinajstić information content (AvgIpc) is 2.82. The van der Waals surface area contributed by atoms with Crippen molar-refractivity contribution in [2.24, 2.45) is 0 Å². The van der Waals surface area contributed by atoms with Gasteiger partial charge in [0.15, 0.2) is 5.78 Å². The first-order valence-corrected chi connectivity index (χ1v) is 5.62. The summed E-state index contributed by atoms with van der Waals surface area (Å²) in [4.78, 5) is 18.8. The zero-order valence-corrected chi connectivity index (χ0v) is 10.2. The Morgan fingerprint density at radius 2 is 1.89 bits per heavy atom. The lowest BCUT2D eigenvalue weighted by molar-refractivity contribution is 0.101. The molecule has 1 N–H and O–H groups in total. The van der Waals surface area contributed by atoms with Gasteiger partial charge in [-0.3, -0.25) is 4.79 Å². The quantitative estimate of drug-likeness (QED) is 0.828. The Balaban J connectivity index is 2.42. The summed E-state index contributed by atoms with van der Waals surface area (Å²) in [5.41, 5.74) is 3.24. The van der Waals surface area contributed by atoms with Gasteiger partial charge in [0, 0.05) is 11.1 Å². The fraction of sp³-hybridized carbons (Fsp3) is 0.0667. The van der Waals surface area contributed by atoms with E-state index < -0.39 is 0 Å². The van der Waals surface area contributed by atoms with E-state index in [9.17, 15) is 4.79 Å². The van der Waals surface area contributed by atoms with E-state index in [1.807, 2.05) is 12.1 Å². The highest BCUT2D eigenvalue weighted by Crippen LogP contribution is 2.20. The summed E-state index contributed by atoms with van der Waals surface area (Å²) >= 11 is 0. The third kappa shape index (κ3) is 2.15. The Kier molecular flexibility index (Phi) is 3.24. The first-order chi connectivity index (χ1) is 8.65. The topological polar surface area (TPSA) is 45.8 Å². The smallest absolute Gasteiger partial charge is 0.159 e. The molecule has 18 heavy (non-hydrogen) atoms. The standard InChI is InChI=1S/C15H14N2O/c1-4-13-14(5-2)17-15(16-13)12-8-6-11(7-9-12)10(3)18/h4-9H,1-2H2,3H3,(H,16,17). The second-order valence-electron chi connectivity index (χ2n) is 3.93. The van der Waals surface area contributed by atoms with Crippen LogP contribution < -0.4 is 0 Å². The third-order valence-corrected chi connectivity index (χ3v) is 2.72. The molecule has 0 aliphatic rings. The number of carbonyl (C=O) groups is 1. The number of Topliss-reactive ketones (excluding diaryl/α,β-unsaturated/α-hetero) is 1. The van der Waals surface area contributed by atoms with Crippen molar-refractivity contribution in [2.45, 2.75) is 6.92 Å². The molecule has 3 heteroatoms. The van der Waals surface area contributed by atoms with Crippen LogP contribution in [0.4, 0.5) is 0 Å². The van der Waals surface area contributed by atoms with Gasteiger partial charge in [-0.1, -0.05) is 37.4 Å². The van der Waals surface area contributed by atoms with Gasteiger partial charge < -0.3 is 4.98 Å². The van der Waals surface area contributed by atoms with Crippen LogP contribution in [0.15, 0.2) is 37.4 Å². The second-order valence-corrected chi connectivity index (χ2v) is 3.93. The maximum absolute atomic E-state index is 11.2. The molecule has 2 rings (SSSR count). The first-order valence-electron chi connectivity index (χ1n) is 5.62. The van der Waals surface area contributed by atoms with Gasteiger partial charge in [0.05, 0.1) is 11.4 Å². The molecule has 1 aromatic carbocycles. The molecule has 0 radical (unpaired) electrons. The summed E-state index contributed by atoms with van der Waals surface area (Å²) in [6.45, 7) is 8.98. The molecule has 0 saturated carbocycles. The van der Waals surface area contributed by atoms with Gasteiger partial charge in [0.25, 0.3) is 0 Å². The van der Waals surface area contributed by atoms with Crippen molar-refractivity contribution in [1.82, 2.24) is 9.97 Å². The van der Waals surface area contributed by atoms with Crippen molar-refractivity contribution in [3.8, 4) is 11.4 Å². The van der Waals surface area contributed by atoms with Crippen molar-refractivity contribution >= 4 is 17.9 Å². The van der Waals surface area contributed by atoms with E-state index in [-0.39, 0.29) is 5.78 Å². The number of ketones is 1. The van der Waals surface area contributed by atoms with E-state index in [1.165, 1.54) is 0 Å². The Morgan fingerprint density at radius 1 is 1.22 bits per heavy atom. The molecule has 3 nitrogen and oxygen atoms in total. The molecule has 0 saturated heterocycles. The van der Waals surface area contributed by atoms with Gasteiger partial charge in [-0.25, -0.2) is 4.98 Å². The highest BCUT2D eigenvalue weighted by Gasteiger charge is 2.07. The number of imidazole rings is 1. The number of carbonyl (C=O) groups excluding carboxylic acids is 1.